The zero-order valence-electron chi connectivity index (χ0n) is 14.4. The predicted molar refractivity (Wildman–Crippen MR) is 87.7 cm³/mol. The van der Waals surface area contributed by atoms with Gasteiger partial charge in [0, 0.05) is 17.7 Å². The monoisotopic (exact) mass is 359 g/mol. The summed E-state index contributed by atoms with van der Waals surface area (Å²) in [5.74, 6) is -0.569. The van der Waals surface area contributed by atoms with Crippen LogP contribution in [0, 0.1) is 0 Å². The van der Waals surface area contributed by atoms with Gasteiger partial charge in [-0.15, -0.1) is 5.10 Å². The fraction of sp³-hybridized carbons (Fsp3) is 0.643. The van der Waals surface area contributed by atoms with Crippen molar-refractivity contribution in [2.24, 2.45) is 0 Å². The molecule has 1 N–H and O–H groups in total. The predicted octanol–water partition coefficient (Wildman–Crippen LogP) is -0.518. The summed E-state index contributed by atoms with van der Waals surface area (Å²) in [5, 5.41) is 10.7. The Hall–Kier alpha value is -1.78. The van der Waals surface area contributed by atoms with Crippen molar-refractivity contribution in [3.05, 3.63) is 24.0 Å². The number of hydrogen-bond acceptors (Lipinski definition) is 6. The minimum Gasteiger partial charge on any atom is -0.748 e. The molecule has 24 heavy (non-hydrogen) atoms. The van der Waals surface area contributed by atoms with Gasteiger partial charge >= 0.3 is 0 Å². The zero-order valence-corrected chi connectivity index (χ0v) is 15.2. The Morgan fingerprint density at radius 2 is 2.08 bits per heavy atom. The quantitative estimate of drug-likeness (QED) is 0.341. The molecule has 1 amide bonds. The molecule has 0 aliphatic rings. The molecule has 0 fully saturated rings. The van der Waals surface area contributed by atoms with Crippen molar-refractivity contribution in [3.63, 3.8) is 0 Å². The maximum absolute atomic E-state index is 11.4. The van der Waals surface area contributed by atoms with E-state index in [4.69, 9.17) is 0 Å². The molecular formula is C14H25N5O4S. The fourth-order valence-electron chi connectivity index (χ4n) is 2.00. The normalized spacial score (nSPS) is 12.2. The Morgan fingerprint density at radius 3 is 2.67 bits per heavy atom. The summed E-state index contributed by atoms with van der Waals surface area (Å²) in [5.41, 5.74) is 1.08. The molecule has 0 aromatic carbocycles. The Kier molecular flexibility index (Phi) is 7.06. The zero-order chi connectivity index (χ0) is 18.4. The van der Waals surface area contributed by atoms with E-state index in [0.29, 0.717) is 41.8 Å². The van der Waals surface area contributed by atoms with Gasteiger partial charge in [-0.1, -0.05) is 11.8 Å². The molecule has 9 nitrogen and oxygen atoms in total. The van der Waals surface area contributed by atoms with Crippen LogP contribution in [0.5, 0.6) is 0 Å². The van der Waals surface area contributed by atoms with Crippen LogP contribution in [0.4, 0.5) is 0 Å². The van der Waals surface area contributed by atoms with E-state index in [0.717, 1.165) is 0 Å². The van der Waals surface area contributed by atoms with Crippen LogP contribution in [0.1, 0.15) is 19.0 Å². The third-order valence-corrected chi connectivity index (χ3v) is 4.28. The van der Waals surface area contributed by atoms with Gasteiger partial charge in [0.2, 0.25) is 5.91 Å². The highest BCUT2D eigenvalue weighted by Gasteiger charge is 2.16. The molecule has 136 valence electrons. The molecule has 0 aliphatic heterocycles. The lowest BCUT2D eigenvalue weighted by atomic mass is 10.3. The van der Waals surface area contributed by atoms with Crippen molar-refractivity contribution in [2.45, 2.75) is 26.4 Å². The number of rotatable bonds is 10. The minimum absolute atomic E-state index is 0.226. The van der Waals surface area contributed by atoms with Gasteiger partial charge in [-0.05, 0) is 6.92 Å². The first-order valence-corrected chi connectivity index (χ1v) is 9.14. The Labute approximate surface area is 142 Å². The molecule has 10 heteroatoms. The van der Waals surface area contributed by atoms with Crippen LogP contribution in [0.2, 0.25) is 0 Å². The summed E-state index contributed by atoms with van der Waals surface area (Å²) < 4.78 is 34.1. The van der Waals surface area contributed by atoms with Crippen LogP contribution >= 0.6 is 0 Å². The van der Waals surface area contributed by atoms with Gasteiger partial charge in [0.25, 0.3) is 0 Å². The van der Waals surface area contributed by atoms with E-state index in [1.54, 1.807) is 17.8 Å². The lowest BCUT2D eigenvalue weighted by Crippen LogP contribution is -2.43. The maximum Gasteiger partial charge on any atom is 0.246 e. The van der Waals surface area contributed by atoms with E-state index < -0.39 is 10.1 Å². The van der Waals surface area contributed by atoms with Crippen molar-refractivity contribution < 1.29 is 22.2 Å². The van der Waals surface area contributed by atoms with E-state index in [2.05, 4.69) is 22.2 Å². The number of aromatic nitrogens is 3. The second-order valence-electron chi connectivity index (χ2n) is 6.43. The van der Waals surface area contributed by atoms with Crippen LogP contribution in [0.15, 0.2) is 18.3 Å². The molecule has 1 aromatic rings. The Morgan fingerprint density at radius 1 is 1.42 bits per heavy atom. The highest BCUT2D eigenvalue weighted by molar-refractivity contribution is 7.85. The van der Waals surface area contributed by atoms with Gasteiger partial charge in [-0.2, -0.15) is 0 Å². The summed E-state index contributed by atoms with van der Waals surface area (Å²) in [6.07, 6.45) is 2.08. The standard InChI is InChI=1S/C14H25N5O4S/c1-12(2)14(20)15-10-13-11-18(17-16-13)6-8-19(3,4)7-5-9-24(21,22)23/h11H,1,5-10H2,2-4H3,(H-,15,20,21,22,23). The largest absolute Gasteiger partial charge is 0.748 e. The molecule has 0 atom stereocenters. The number of quaternary nitrogens is 1. The summed E-state index contributed by atoms with van der Waals surface area (Å²) >= 11 is 0. The molecule has 0 aliphatic carbocycles. The third-order valence-electron chi connectivity index (χ3n) is 3.50. The smallest absolute Gasteiger partial charge is 0.246 e. The van der Waals surface area contributed by atoms with Crippen LogP contribution in [-0.2, 0) is 28.0 Å². The van der Waals surface area contributed by atoms with E-state index in [1.807, 2.05) is 14.1 Å². The Bertz CT molecular complexity index is 681. The highest BCUT2D eigenvalue weighted by atomic mass is 32.2. The number of carbonyl (C=O) groups excluding carboxylic acids is 1. The molecule has 0 radical (unpaired) electrons. The molecular weight excluding hydrogens is 334 g/mol. The van der Waals surface area contributed by atoms with E-state index in [9.17, 15) is 17.8 Å². The molecule has 0 saturated heterocycles. The first-order chi connectivity index (χ1) is 11.0. The van der Waals surface area contributed by atoms with Crippen LogP contribution in [-0.4, -0.2) is 71.3 Å². The number of amides is 1. The SMILES string of the molecule is C=C(C)C(=O)NCc1cn(CC[N+](C)(C)CCCS(=O)(=O)[O-])nn1. The minimum atomic E-state index is -4.16. The molecule has 1 rings (SSSR count). The molecule has 0 spiro atoms. The second kappa shape index (κ2) is 8.36. The number of nitrogens with zero attached hydrogens (tertiary/aromatic N) is 4. The number of likely N-dealkylation sites (N-methyl/N-ethyl adjacent to an activating group) is 1. The first-order valence-electron chi connectivity index (χ1n) is 7.57. The molecule has 0 bridgehead atoms. The summed E-state index contributed by atoms with van der Waals surface area (Å²) in [7, 11) is -0.237. The van der Waals surface area contributed by atoms with E-state index >= 15 is 0 Å². The lowest BCUT2D eigenvalue weighted by Gasteiger charge is -2.29. The van der Waals surface area contributed by atoms with Gasteiger partial charge in [0.1, 0.15) is 5.69 Å². The van der Waals surface area contributed by atoms with Crippen molar-refractivity contribution >= 4 is 16.0 Å². The summed E-state index contributed by atoms with van der Waals surface area (Å²) in [6.45, 7) is 7.35. The second-order valence-corrected chi connectivity index (χ2v) is 7.96. The first kappa shape index (κ1) is 20.3. The van der Waals surface area contributed by atoms with Gasteiger partial charge in [0.15, 0.2) is 0 Å². The summed E-state index contributed by atoms with van der Waals surface area (Å²) in [4.78, 5) is 11.4. The average Bonchev–Trinajstić information content (AvgIpc) is 2.89. The van der Waals surface area contributed by atoms with Crippen molar-refractivity contribution in [2.75, 3.05) is 32.9 Å². The van der Waals surface area contributed by atoms with Crippen LogP contribution < -0.4 is 5.32 Å². The number of carbonyl (C=O) groups is 1. The Balaban J connectivity index is 2.41. The topological polar surface area (TPSA) is 117 Å². The van der Waals surface area contributed by atoms with Gasteiger partial charge in [0.05, 0.1) is 56.6 Å². The molecule has 0 saturated carbocycles. The number of hydrogen-bond donors (Lipinski definition) is 1. The molecule has 1 heterocycles. The van der Waals surface area contributed by atoms with E-state index in [-0.39, 0.29) is 18.2 Å². The maximum atomic E-state index is 11.4. The summed E-state index contributed by atoms with van der Waals surface area (Å²) in [6, 6.07) is 0. The number of nitrogens with one attached hydrogen (secondary N) is 1. The van der Waals surface area contributed by atoms with Crippen molar-refractivity contribution in [1.29, 1.82) is 0 Å². The van der Waals surface area contributed by atoms with Crippen molar-refractivity contribution in [1.82, 2.24) is 20.3 Å². The van der Waals surface area contributed by atoms with Crippen molar-refractivity contribution in [3.8, 4) is 0 Å². The van der Waals surface area contributed by atoms with Crippen LogP contribution in [0.25, 0.3) is 0 Å². The fourth-order valence-corrected chi connectivity index (χ4v) is 2.49. The third kappa shape index (κ3) is 8.18. The van der Waals surface area contributed by atoms with Gasteiger partial charge < -0.3 is 14.4 Å². The van der Waals surface area contributed by atoms with Gasteiger partial charge in [-0.25, -0.2) is 13.1 Å². The molecule has 1 aromatic heterocycles. The average molecular weight is 359 g/mol. The lowest BCUT2D eigenvalue weighted by molar-refractivity contribution is -0.891. The van der Waals surface area contributed by atoms with Gasteiger partial charge in [-0.3, -0.25) is 4.79 Å². The van der Waals surface area contributed by atoms with E-state index in [1.165, 1.54) is 0 Å². The highest BCUT2D eigenvalue weighted by Crippen LogP contribution is 2.03. The molecule has 0 unspecified atom stereocenters. The van der Waals surface area contributed by atoms with Crippen LogP contribution in [0.3, 0.4) is 0 Å².